The molecule has 5 heteroatoms. The third-order valence-electron chi connectivity index (χ3n) is 5.48. The molecule has 2 heterocycles. The Morgan fingerprint density at radius 3 is 2.75 bits per heavy atom. The van der Waals surface area contributed by atoms with Crippen LogP contribution in [-0.4, -0.2) is 43.4 Å². The molecule has 1 unspecified atom stereocenters. The largest absolute Gasteiger partial charge is 0.389 e. The van der Waals surface area contributed by atoms with Crippen LogP contribution in [0.4, 0.5) is 0 Å². The molecule has 1 N–H and O–H groups in total. The van der Waals surface area contributed by atoms with Crippen molar-refractivity contribution in [3.05, 3.63) is 47.5 Å². The van der Waals surface area contributed by atoms with E-state index in [2.05, 4.69) is 6.92 Å². The Bertz CT molecular complexity index is 615. The zero-order chi connectivity index (χ0) is 16.7. The highest BCUT2D eigenvalue weighted by molar-refractivity contribution is 5.27. The molecule has 1 aliphatic carbocycles. The summed E-state index contributed by atoms with van der Waals surface area (Å²) >= 11 is 0. The van der Waals surface area contributed by atoms with Gasteiger partial charge in [0.05, 0.1) is 18.8 Å². The maximum absolute atomic E-state index is 10.0. The van der Waals surface area contributed by atoms with E-state index in [9.17, 15) is 5.11 Å². The third-order valence-corrected chi connectivity index (χ3v) is 5.48. The number of fused-ring (bicyclic) bond motifs is 3. The van der Waals surface area contributed by atoms with Crippen molar-refractivity contribution in [1.82, 2.24) is 0 Å². The van der Waals surface area contributed by atoms with Gasteiger partial charge in [-0.2, -0.15) is 0 Å². The molecule has 0 bridgehead atoms. The van der Waals surface area contributed by atoms with Crippen LogP contribution in [0.2, 0.25) is 0 Å². The number of ether oxygens (including phenoxy) is 4. The molecule has 0 amide bonds. The molecule has 1 aromatic rings. The first-order valence-electron chi connectivity index (χ1n) is 8.52. The lowest BCUT2D eigenvalue weighted by molar-refractivity contribution is -0.327. The normalized spacial score (nSPS) is 42.0. The molecule has 4 rings (SSSR count). The van der Waals surface area contributed by atoms with Gasteiger partial charge in [0, 0.05) is 18.1 Å². The van der Waals surface area contributed by atoms with E-state index in [0.29, 0.717) is 6.61 Å². The Hall–Kier alpha value is -1.24. The van der Waals surface area contributed by atoms with E-state index in [1.54, 1.807) is 7.11 Å². The summed E-state index contributed by atoms with van der Waals surface area (Å²) in [7, 11) is 1.63. The number of hydrogen-bond acceptors (Lipinski definition) is 5. The minimum absolute atomic E-state index is 0.124. The lowest BCUT2D eigenvalue weighted by Crippen LogP contribution is -2.59. The molecular weight excluding hydrogens is 308 g/mol. The summed E-state index contributed by atoms with van der Waals surface area (Å²) in [5.41, 5.74) is 1.77. The number of aliphatic hydroxyl groups excluding tert-OH is 1. The second-order valence-electron chi connectivity index (χ2n) is 7.02. The van der Waals surface area contributed by atoms with E-state index in [1.165, 1.54) is 0 Å². The van der Waals surface area contributed by atoms with Crippen LogP contribution in [0.25, 0.3) is 0 Å². The fourth-order valence-electron chi connectivity index (χ4n) is 4.13. The van der Waals surface area contributed by atoms with Crippen molar-refractivity contribution in [2.75, 3.05) is 13.7 Å². The van der Waals surface area contributed by atoms with Crippen molar-refractivity contribution in [3.63, 3.8) is 0 Å². The van der Waals surface area contributed by atoms with Crippen LogP contribution in [-0.2, 0) is 18.9 Å². The lowest BCUT2D eigenvalue weighted by atomic mass is 9.66. The average molecular weight is 332 g/mol. The Labute approximate surface area is 142 Å². The van der Waals surface area contributed by atoms with Gasteiger partial charge in [-0.05, 0) is 18.4 Å². The first kappa shape index (κ1) is 16.2. The molecule has 0 radical (unpaired) electrons. The van der Waals surface area contributed by atoms with Crippen LogP contribution >= 0.6 is 0 Å². The first-order valence-corrected chi connectivity index (χ1v) is 8.52. The molecule has 0 aromatic heterocycles. The summed E-state index contributed by atoms with van der Waals surface area (Å²) in [4.78, 5) is 0. The minimum Gasteiger partial charge on any atom is -0.389 e. The molecule has 0 spiro atoms. The predicted molar refractivity (Wildman–Crippen MR) is 87.1 cm³/mol. The van der Waals surface area contributed by atoms with Crippen LogP contribution in [0.3, 0.4) is 0 Å². The molecular formula is C19H24O5. The number of benzene rings is 1. The molecule has 5 nitrogen and oxygen atoms in total. The molecule has 3 aliphatic rings. The van der Waals surface area contributed by atoms with Crippen LogP contribution < -0.4 is 0 Å². The summed E-state index contributed by atoms with van der Waals surface area (Å²) in [5, 5.41) is 10.0. The van der Waals surface area contributed by atoms with Crippen molar-refractivity contribution >= 4 is 0 Å². The SMILES string of the molecule is CO[C@H]1O[C@@H]2COC(c3ccccc3)O[C@H]2[C@@]2(C)CC[C@@H](O)C=C12. The fraction of sp³-hybridized carbons (Fsp3) is 0.579. The maximum atomic E-state index is 10.0. The molecule has 2 fully saturated rings. The highest BCUT2D eigenvalue weighted by atomic mass is 16.7. The highest BCUT2D eigenvalue weighted by Crippen LogP contribution is 2.51. The van der Waals surface area contributed by atoms with Crippen LogP contribution in [0.1, 0.15) is 31.6 Å². The number of methoxy groups -OCH3 is 1. The van der Waals surface area contributed by atoms with Gasteiger partial charge in [0.2, 0.25) is 0 Å². The van der Waals surface area contributed by atoms with Gasteiger partial charge in [-0.15, -0.1) is 0 Å². The molecule has 24 heavy (non-hydrogen) atoms. The summed E-state index contributed by atoms with van der Waals surface area (Å²) < 4.78 is 23.8. The Morgan fingerprint density at radius 1 is 1.21 bits per heavy atom. The van der Waals surface area contributed by atoms with E-state index >= 15 is 0 Å². The molecule has 130 valence electrons. The summed E-state index contributed by atoms with van der Waals surface area (Å²) in [6.07, 6.45) is 1.85. The van der Waals surface area contributed by atoms with Gasteiger partial charge in [0.1, 0.15) is 6.10 Å². The lowest BCUT2D eigenvalue weighted by Gasteiger charge is -2.54. The second-order valence-corrected chi connectivity index (χ2v) is 7.02. The van der Waals surface area contributed by atoms with E-state index < -0.39 is 12.4 Å². The Balaban J connectivity index is 1.65. The predicted octanol–water partition coefficient (Wildman–Crippen LogP) is 2.56. The molecule has 0 saturated carbocycles. The van der Waals surface area contributed by atoms with Crippen LogP contribution in [0, 0.1) is 5.41 Å². The molecule has 2 saturated heterocycles. The van der Waals surface area contributed by atoms with E-state index in [0.717, 1.165) is 24.0 Å². The molecule has 6 atom stereocenters. The van der Waals surface area contributed by atoms with Crippen molar-refractivity contribution in [2.24, 2.45) is 5.41 Å². The van der Waals surface area contributed by atoms with Crippen molar-refractivity contribution < 1.29 is 24.1 Å². The number of aliphatic hydroxyl groups is 1. The monoisotopic (exact) mass is 332 g/mol. The number of rotatable bonds is 2. The molecule has 1 aromatic carbocycles. The fourth-order valence-corrected chi connectivity index (χ4v) is 4.13. The standard InChI is InChI=1S/C19H24O5/c1-19-9-8-13(20)10-14(19)18(21-2)23-15-11-22-17(24-16(15)19)12-6-4-3-5-7-12/h3-7,10,13,15-18,20H,8-9,11H2,1-2H3/t13-,15-,16-,17?,18+,19+/m1/s1. The Morgan fingerprint density at radius 2 is 2.00 bits per heavy atom. The molecule has 2 aliphatic heterocycles. The van der Waals surface area contributed by atoms with E-state index in [1.807, 2.05) is 36.4 Å². The Kier molecular flexibility index (Phi) is 4.22. The third kappa shape index (κ3) is 2.61. The van der Waals surface area contributed by atoms with Gasteiger partial charge in [-0.3, -0.25) is 0 Å². The number of hydrogen-bond donors (Lipinski definition) is 1. The summed E-state index contributed by atoms with van der Waals surface area (Å²) in [6, 6.07) is 9.96. The second kappa shape index (κ2) is 6.24. The quantitative estimate of drug-likeness (QED) is 0.844. The summed E-state index contributed by atoms with van der Waals surface area (Å²) in [5.74, 6) is 0. The van der Waals surface area contributed by atoms with E-state index in [-0.39, 0.29) is 23.9 Å². The van der Waals surface area contributed by atoms with Crippen LogP contribution in [0.5, 0.6) is 0 Å². The minimum atomic E-state index is -0.452. The van der Waals surface area contributed by atoms with Crippen LogP contribution in [0.15, 0.2) is 42.0 Å². The van der Waals surface area contributed by atoms with Gasteiger partial charge >= 0.3 is 0 Å². The smallest absolute Gasteiger partial charge is 0.184 e. The topological polar surface area (TPSA) is 57.2 Å². The van der Waals surface area contributed by atoms with Crippen molar-refractivity contribution in [1.29, 1.82) is 0 Å². The van der Waals surface area contributed by atoms with E-state index in [4.69, 9.17) is 18.9 Å². The maximum Gasteiger partial charge on any atom is 0.184 e. The van der Waals surface area contributed by atoms with Gasteiger partial charge in [-0.1, -0.05) is 43.3 Å². The van der Waals surface area contributed by atoms with Crippen molar-refractivity contribution in [3.8, 4) is 0 Å². The van der Waals surface area contributed by atoms with Gasteiger partial charge in [0.15, 0.2) is 12.6 Å². The zero-order valence-electron chi connectivity index (χ0n) is 14.1. The first-order chi connectivity index (χ1) is 11.6. The summed E-state index contributed by atoms with van der Waals surface area (Å²) in [6.45, 7) is 2.65. The van der Waals surface area contributed by atoms with Gasteiger partial charge in [0.25, 0.3) is 0 Å². The zero-order valence-corrected chi connectivity index (χ0v) is 14.1. The average Bonchev–Trinajstić information content (AvgIpc) is 2.62. The van der Waals surface area contributed by atoms with Gasteiger partial charge < -0.3 is 24.1 Å². The highest BCUT2D eigenvalue weighted by Gasteiger charge is 2.55. The van der Waals surface area contributed by atoms with Gasteiger partial charge in [-0.25, -0.2) is 0 Å². The van der Waals surface area contributed by atoms with Crippen molar-refractivity contribution in [2.45, 2.75) is 50.7 Å².